The molecule has 0 radical (unpaired) electrons. The average Bonchev–Trinajstić information content (AvgIpc) is 2.25. The summed E-state index contributed by atoms with van der Waals surface area (Å²) in [6.45, 7) is 1.25. The van der Waals surface area contributed by atoms with Crippen LogP contribution in [-0.2, 0) is 14.4 Å². The Hall–Kier alpha value is -0.930. The monoisotopic (exact) mass is 296 g/mol. The van der Waals surface area contributed by atoms with Crippen LogP contribution in [0.15, 0.2) is 0 Å². The SMILES string of the molecule is CC(=O)N[C@@H](CSCSC[C@H](N)C(=O)O)C(=O)O. The van der Waals surface area contributed by atoms with E-state index in [4.69, 9.17) is 15.9 Å². The molecule has 0 rings (SSSR count). The van der Waals surface area contributed by atoms with E-state index in [-0.39, 0.29) is 11.5 Å². The molecule has 18 heavy (non-hydrogen) atoms. The Morgan fingerprint density at radius 3 is 2.17 bits per heavy atom. The van der Waals surface area contributed by atoms with Crippen LogP contribution in [0.25, 0.3) is 0 Å². The van der Waals surface area contributed by atoms with Gasteiger partial charge in [-0.3, -0.25) is 9.59 Å². The van der Waals surface area contributed by atoms with Crippen LogP contribution in [0.5, 0.6) is 0 Å². The molecule has 104 valence electrons. The van der Waals surface area contributed by atoms with Crippen molar-refractivity contribution in [3.8, 4) is 0 Å². The summed E-state index contributed by atoms with van der Waals surface area (Å²) >= 11 is 2.62. The molecule has 0 fully saturated rings. The van der Waals surface area contributed by atoms with Crippen LogP contribution in [0.3, 0.4) is 0 Å². The third kappa shape index (κ3) is 8.20. The molecule has 0 unspecified atom stereocenters. The minimum absolute atomic E-state index is 0.226. The minimum Gasteiger partial charge on any atom is -0.480 e. The number of nitrogens with one attached hydrogen (secondary N) is 1. The zero-order valence-corrected chi connectivity index (χ0v) is 11.4. The number of carbonyl (C=O) groups is 3. The van der Waals surface area contributed by atoms with E-state index in [1.807, 2.05) is 0 Å². The van der Waals surface area contributed by atoms with Gasteiger partial charge in [-0.05, 0) is 0 Å². The predicted molar refractivity (Wildman–Crippen MR) is 70.6 cm³/mol. The molecular weight excluding hydrogens is 280 g/mol. The van der Waals surface area contributed by atoms with Crippen molar-refractivity contribution in [3.63, 3.8) is 0 Å². The zero-order chi connectivity index (χ0) is 14.1. The summed E-state index contributed by atoms with van der Waals surface area (Å²) in [5, 5.41) is 20.2. The first-order valence-corrected chi connectivity index (χ1v) is 7.29. The van der Waals surface area contributed by atoms with E-state index in [2.05, 4.69) is 5.32 Å². The third-order valence-electron chi connectivity index (χ3n) is 1.74. The highest BCUT2D eigenvalue weighted by molar-refractivity contribution is 8.16. The quantitative estimate of drug-likeness (QED) is 0.328. The minimum atomic E-state index is -1.09. The number of rotatable bonds is 9. The summed E-state index contributed by atoms with van der Waals surface area (Å²) in [4.78, 5) is 31.9. The molecule has 0 aliphatic carbocycles. The van der Waals surface area contributed by atoms with Gasteiger partial charge < -0.3 is 21.3 Å². The molecule has 7 nitrogen and oxygen atoms in total. The molecule has 0 aliphatic heterocycles. The summed E-state index contributed by atoms with van der Waals surface area (Å²) in [5.41, 5.74) is 5.29. The Balaban J connectivity index is 3.77. The van der Waals surface area contributed by atoms with Crippen molar-refractivity contribution in [3.05, 3.63) is 0 Å². The standard InChI is InChI=1S/C9H16N2O5S2/c1-5(12)11-7(9(15)16)3-18-4-17-2-6(10)8(13)14/h6-7H,2-4,10H2,1H3,(H,11,12)(H,13,14)(H,15,16)/t6-,7-/m0/s1. The molecule has 0 saturated heterocycles. The molecule has 0 aromatic rings. The molecule has 0 aliphatic rings. The molecule has 9 heteroatoms. The Morgan fingerprint density at radius 2 is 1.72 bits per heavy atom. The van der Waals surface area contributed by atoms with Crippen molar-refractivity contribution in [2.75, 3.05) is 16.6 Å². The normalized spacial score (nSPS) is 13.7. The van der Waals surface area contributed by atoms with E-state index in [1.165, 1.54) is 30.4 Å². The summed E-state index contributed by atoms with van der Waals surface area (Å²) < 4.78 is 0. The molecule has 5 N–H and O–H groups in total. The third-order valence-corrected chi connectivity index (χ3v) is 4.24. The maximum Gasteiger partial charge on any atom is 0.327 e. The van der Waals surface area contributed by atoms with Crippen LogP contribution in [0, 0.1) is 0 Å². The van der Waals surface area contributed by atoms with Gasteiger partial charge in [-0.1, -0.05) is 0 Å². The average molecular weight is 296 g/mol. The zero-order valence-electron chi connectivity index (χ0n) is 9.79. The van der Waals surface area contributed by atoms with Crippen molar-refractivity contribution in [2.45, 2.75) is 19.0 Å². The van der Waals surface area contributed by atoms with Crippen LogP contribution >= 0.6 is 23.5 Å². The van der Waals surface area contributed by atoms with E-state index >= 15 is 0 Å². The van der Waals surface area contributed by atoms with Gasteiger partial charge in [0.2, 0.25) is 5.91 Å². The van der Waals surface area contributed by atoms with Crippen molar-refractivity contribution in [1.82, 2.24) is 5.32 Å². The maximum atomic E-state index is 10.8. The molecule has 2 atom stereocenters. The first kappa shape index (κ1) is 17.1. The van der Waals surface area contributed by atoms with Gasteiger partial charge in [-0.15, -0.1) is 23.5 Å². The van der Waals surface area contributed by atoms with Crippen LogP contribution in [0.2, 0.25) is 0 Å². The fourth-order valence-corrected chi connectivity index (χ4v) is 2.99. The Morgan fingerprint density at radius 1 is 1.17 bits per heavy atom. The van der Waals surface area contributed by atoms with Gasteiger partial charge in [0, 0.05) is 23.5 Å². The number of hydrogen-bond acceptors (Lipinski definition) is 6. The first-order chi connectivity index (χ1) is 8.34. The lowest BCUT2D eigenvalue weighted by atomic mass is 10.3. The van der Waals surface area contributed by atoms with E-state index in [0.717, 1.165) is 0 Å². The number of thioether (sulfide) groups is 2. The molecule has 0 aromatic carbocycles. The van der Waals surface area contributed by atoms with Gasteiger partial charge >= 0.3 is 11.9 Å². The second-order valence-electron chi connectivity index (χ2n) is 3.40. The smallest absolute Gasteiger partial charge is 0.327 e. The molecule has 0 aromatic heterocycles. The molecule has 1 amide bonds. The van der Waals surface area contributed by atoms with Crippen molar-refractivity contribution < 1.29 is 24.6 Å². The van der Waals surface area contributed by atoms with E-state index < -0.39 is 29.9 Å². The number of carbonyl (C=O) groups excluding carboxylic acids is 1. The molecule has 0 heterocycles. The molecule has 0 spiro atoms. The Bertz CT molecular complexity index is 313. The number of nitrogens with two attached hydrogens (primary N) is 1. The second kappa shape index (κ2) is 9.06. The molecule has 0 saturated carbocycles. The Kier molecular flexibility index (Phi) is 8.59. The molecular formula is C9H16N2O5S2. The lowest BCUT2D eigenvalue weighted by molar-refractivity contribution is -0.140. The number of aliphatic carboxylic acids is 2. The number of carboxylic acid groups (broad SMARTS) is 2. The van der Waals surface area contributed by atoms with Crippen LogP contribution < -0.4 is 11.1 Å². The second-order valence-corrected chi connectivity index (χ2v) is 5.82. The van der Waals surface area contributed by atoms with Gasteiger partial charge in [0.15, 0.2) is 0 Å². The van der Waals surface area contributed by atoms with Crippen molar-refractivity contribution in [2.24, 2.45) is 5.73 Å². The van der Waals surface area contributed by atoms with Gasteiger partial charge in [-0.2, -0.15) is 0 Å². The van der Waals surface area contributed by atoms with Gasteiger partial charge in [0.05, 0.1) is 0 Å². The topological polar surface area (TPSA) is 130 Å². The lowest BCUT2D eigenvalue weighted by Gasteiger charge is -2.12. The summed E-state index contributed by atoms with van der Waals surface area (Å²) in [6, 6.07) is -1.84. The van der Waals surface area contributed by atoms with Crippen molar-refractivity contribution in [1.29, 1.82) is 0 Å². The first-order valence-electron chi connectivity index (χ1n) is 4.98. The lowest BCUT2D eigenvalue weighted by Crippen LogP contribution is -2.41. The summed E-state index contributed by atoms with van der Waals surface area (Å²) in [7, 11) is 0. The van der Waals surface area contributed by atoms with Crippen molar-refractivity contribution >= 4 is 41.4 Å². The highest BCUT2D eigenvalue weighted by atomic mass is 32.2. The maximum absolute atomic E-state index is 10.8. The highest BCUT2D eigenvalue weighted by Gasteiger charge is 2.18. The van der Waals surface area contributed by atoms with Gasteiger partial charge in [0.1, 0.15) is 12.1 Å². The van der Waals surface area contributed by atoms with E-state index in [1.54, 1.807) is 0 Å². The van der Waals surface area contributed by atoms with Gasteiger partial charge in [-0.25, -0.2) is 4.79 Å². The van der Waals surface area contributed by atoms with Crippen LogP contribution in [0.1, 0.15) is 6.92 Å². The summed E-state index contributed by atoms with van der Waals surface area (Å²) in [5.74, 6) is -2.06. The number of hydrogen-bond donors (Lipinski definition) is 4. The van der Waals surface area contributed by atoms with E-state index in [9.17, 15) is 14.4 Å². The number of carboxylic acids is 2. The highest BCUT2D eigenvalue weighted by Crippen LogP contribution is 2.14. The van der Waals surface area contributed by atoms with E-state index in [0.29, 0.717) is 5.08 Å². The summed E-state index contributed by atoms with van der Waals surface area (Å²) in [6.07, 6.45) is 0. The molecule has 0 bridgehead atoms. The largest absolute Gasteiger partial charge is 0.480 e. The van der Waals surface area contributed by atoms with Crippen LogP contribution in [-0.4, -0.2) is 56.7 Å². The fourth-order valence-electron chi connectivity index (χ4n) is 0.891. The van der Waals surface area contributed by atoms with Gasteiger partial charge in [0.25, 0.3) is 0 Å². The number of amides is 1. The fraction of sp³-hybridized carbons (Fsp3) is 0.667. The Labute approximate surface area is 113 Å². The van der Waals surface area contributed by atoms with Crippen LogP contribution in [0.4, 0.5) is 0 Å². The predicted octanol–water partition coefficient (Wildman–Crippen LogP) is -0.588.